The molecule has 0 saturated heterocycles. The molecule has 1 aromatic carbocycles. The Kier molecular flexibility index (Phi) is 7.22. The van der Waals surface area contributed by atoms with Gasteiger partial charge in [0.15, 0.2) is 5.76 Å². The molecule has 148 valence electrons. The SMILES string of the molecule is CCONC(=O)c1ccc(CN(Cc2ccc(C(C)(C)C)cc2)C(C)C)o1. The Labute approximate surface area is 162 Å². The number of rotatable bonds is 8. The van der Waals surface area contributed by atoms with Gasteiger partial charge in [0.25, 0.3) is 0 Å². The van der Waals surface area contributed by atoms with Crippen LogP contribution in [0.3, 0.4) is 0 Å². The first kappa shape index (κ1) is 21.2. The summed E-state index contributed by atoms with van der Waals surface area (Å²) in [6, 6.07) is 12.7. The summed E-state index contributed by atoms with van der Waals surface area (Å²) in [5.74, 6) is 0.658. The van der Waals surface area contributed by atoms with Gasteiger partial charge in [0.1, 0.15) is 5.76 Å². The van der Waals surface area contributed by atoms with E-state index in [0.717, 1.165) is 12.3 Å². The molecule has 1 N–H and O–H groups in total. The molecule has 0 aliphatic heterocycles. The summed E-state index contributed by atoms with van der Waals surface area (Å²) in [4.78, 5) is 19.1. The molecule has 2 aromatic rings. The molecule has 0 unspecified atom stereocenters. The quantitative estimate of drug-likeness (QED) is 0.684. The highest BCUT2D eigenvalue weighted by Crippen LogP contribution is 2.23. The van der Waals surface area contributed by atoms with Gasteiger partial charge in [-0.2, -0.15) is 0 Å². The van der Waals surface area contributed by atoms with Crippen LogP contribution >= 0.6 is 0 Å². The van der Waals surface area contributed by atoms with E-state index in [4.69, 9.17) is 9.25 Å². The Morgan fingerprint density at radius 2 is 1.78 bits per heavy atom. The van der Waals surface area contributed by atoms with Crippen molar-refractivity contribution in [1.29, 1.82) is 0 Å². The van der Waals surface area contributed by atoms with E-state index in [9.17, 15) is 4.79 Å². The molecule has 1 heterocycles. The highest BCUT2D eigenvalue weighted by Gasteiger charge is 2.17. The lowest BCUT2D eigenvalue weighted by molar-refractivity contribution is 0.0338. The van der Waals surface area contributed by atoms with Crippen molar-refractivity contribution in [2.75, 3.05) is 6.61 Å². The first-order chi connectivity index (χ1) is 12.7. The third-order valence-electron chi connectivity index (χ3n) is 4.49. The van der Waals surface area contributed by atoms with Crippen molar-refractivity contribution >= 4 is 5.91 Å². The molecule has 27 heavy (non-hydrogen) atoms. The predicted molar refractivity (Wildman–Crippen MR) is 107 cm³/mol. The smallest absolute Gasteiger partial charge is 0.310 e. The van der Waals surface area contributed by atoms with Crippen LogP contribution in [-0.2, 0) is 23.3 Å². The van der Waals surface area contributed by atoms with Crippen LogP contribution in [0, 0.1) is 0 Å². The number of amides is 1. The molecule has 0 radical (unpaired) electrons. The normalized spacial score (nSPS) is 12.0. The summed E-state index contributed by atoms with van der Waals surface area (Å²) >= 11 is 0. The van der Waals surface area contributed by atoms with Gasteiger partial charge in [-0.1, -0.05) is 45.0 Å². The monoisotopic (exact) mass is 372 g/mol. The molecule has 0 saturated carbocycles. The molecular formula is C22H32N2O3. The van der Waals surface area contributed by atoms with Gasteiger partial charge < -0.3 is 4.42 Å². The van der Waals surface area contributed by atoms with Crippen molar-refractivity contribution in [1.82, 2.24) is 10.4 Å². The zero-order chi connectivity index (χ0) is 20.0. The van der Waals surface area contributed by atoms with E-state index in [1.807, 2.05) is 13.0 Å². The van der Waals surface area contributed by atoms with Crippen LogP contribution in [0.25, 0.3) is 0 Å². The summed E-state index contributed by atoms with van der Waals surface area (Å²) in [7, 11) is 0. The van der Waals surface area contributed by atoms with E-state index in [0.29, 0.717) is 19.2 Å². The highest BCUT2D eigenvalue weighted by atomic mass is 16.7. The van der Waals surface area contributed by atoms with E-state index in [1.54, 1.807) is 6.07 Å². The minimum Gasteiger partial charge on any atom is -0.454 e. The number of hydroxylamine groups is 1. The lowest BCUT2D eigenvalue weighted by Gasteiger charge is -2.26. The number of carbonyl (C=O) groups is 1. The van der Waals surface area contributed by atoms with E-state index >= 15 is 0 Å². The molecule has 0 atom stereocenters. The van der Waals surface area contributed by atoms with Crippen LogP contribution in [0.2, 0.25) is 0 Å². The molecule has 5 nitrogen and oxygen atoms in total. The Hall–Kier alpha value is -2.11. The third kappa shape index (κ3) is 6.22. The van der Waals surface area contributed by atoms with Gasteiger partial charge in [0, 0.05) is 12.6 Å². The first-order valence-corrected chi connectivity index (χ1v) is 9.55. The van der Waals surface area contributed by atoms with E-state index in [-0.39, 0.29) is 17.1 Å². The minimum absolute atomic E-state index is 0.156. The van der Waals surface area contributed by atoms with Gasteiger partial charge in [-0.25, -0.2) is 5.48 Å². The Bertz CT molecular complexity index is 727. The van der Waals surface area contributed by atoms with Crippen molar-refractivity contribution in [2.24, 2.45) is 0 Å². The standard InChI is InChI=1S/C22H32N2O3/c1-7-26-23-21(25)20-13-12-19(27-20)15-24(16(2)3)14-17-8-10-18(11-9-17)22(4,5)6/h8-13,16H,7,14-15H2,1-6H3,(H,23,25). The number of nitrogens with one attached hydrogen (secondary N) is 1. The fourth-order valence-corrected chi connectivity index (χ4v) is 2.74. The lowest BCUT2D eigenvalue weighted by atomic mass is 9.87. The van der Waals surface area contributed by atoms with Gasteiger partial charge in [0.2, 0.25) is 0 Å². The molecule has 0 aliphatic rings. The molecular weight excluding hydrogens is 340 g/mol. The second-order valence-electron chi connectivity index (χ2n) is 8.08. The lowest BCUT2D eigenvalue weighted by Crippen LogP contribution is -2.29. The van der Waals surface area contributed by atoms with E-state index in [2.05, 4.69) is 69.3 Å². The minimum atomic E-state index is -0.364. The maximum absolute atomic E-state index is 11.9. The summed E-state index contributed by atoms with van der Waals surface area (Å²) in [5.41, 5.74) is 5.10. The largest absolute Gasteiger partial charge is 0.454 e. The van der Waals surface area contributed by atoms with Crippen LogP contribution in [-0.4, -0.2) is 23.5 Å². The van der Waals surface area contributed by atoms with Crippen LogP contribution in [0.4, 0.5) is 0 Å². The summed E-state index contributed by atoms with van der Waals surface area (Å²) in [6.45, 7) is 14.7. The number of furan rings is 1. The van der Waals surface area contributed by atoms with Gasteiger partial charge in [0.05, 0.1) is 13.2 Å². The molecule has 0 aliphatic carbocycles. The fourth-order valence-electron chi connectivity index (χ4n) is 2.74. The highest BCUT2D eigenvalue weighted by molar-refractivity contribution is 5.90. The van der Waals surface area contributed by atoms with Crippen LogP contribution in [0.1, 0.15) is 69.0 Å². The van der Waals surface area contributed by atoms with Crippen molar-refractivity contribution in [3.05, 3.63) is 59.0 Å². The average Bonchev–Trinajstić information content (AvgIpc) is 3.07. The van der Waals surface area contributed by atoms with E-state index in [1.165, 1.54) is 11.1 Å². The van der Waals surface area contributed by atoms with Crippen molar-refractivity contribution in [3.63, 3.8) is 0 Å². The summed E-state index contributed by atoms with van der Waals surface area (Å²) < 4.78 is 5.69. The van der Waals surface area contributed by atoms with Crippen molar-refractivity contribution < 1.29 is 14.0 Å². The maximum atomic E-state index is 11.9. The summed E-state index contributed by atoms with van der Waals surface area (Å²) in [6.07, 6.45) is 0. The fraction of sp³-hybridized carbons (Fsp3) is 0.500. The van der Waals surface area contributed by atoms with Crippen LogP contribution < -0.4 is 5.48 Å². The molecule has 5 heteroatoms. The van der Waals surface area contributed by atoms with E-state index < -0.39 is 0 Å². The number of nitrogens with zero attached hydrogens (tertiary/aromatic N) is 1. The van der Waals surface area contributed by atoms with Crippen molar-refractivity contribution in [3.8, 4) is 0 Å². The zero-order valence-electron chi connectivity index (χ0n) is 17.3. The van der Waals surface area contributed by atoms with Crippen molar-refractivity contribution in [2.45, 2.75) is 66.1 Å². The molecule has 0 fully saturated rings. The number of carbonyl (C=O) groups excluding carboxylic acids is 1. The number of hydrogen-bond acceptors (Lipinski definition) is 4. The van der Waals surface area contributed by atoms with Gasteiger partial charge in [-0.3, -0.25) is 14.5 Å². The second kappa shape index (κ2) is 9.20. The first-order valence-electron chi connectivity index (χ1n) is 9.55. The Balaban J connectivity index is 2.04. The Morgan fingerprint density at radius 1 is 1.11 bits per heavy atom. The zero-order valence-corrected chi connectivity index (χ0v) is 17.3. The number of benzene rings is 1. The maximum Gasteiger partial charge on any atom is 0.310 e. The predicted octanol–water partition coefficient (Wildman–Crippen LogP) is 4.67. The third-order valence-corrected chi connectivity index (χ3v) is 4.49. The van der Waals surface area contributed by atoms with Gasteiger partial charge >= 0.3 is 5.91 Å². The molecule has 2 rings (SSSR count). The topological polar surface area (TPSA) is 54.7 Å². The molecule has 1 aromatic heterocycles. The molecule has 0 bridgehead atoms. The summed E-state index contributed by atoms with van der Waals surface area (Å²) in [5, 5.41) is 0. The molecule has 0 spiro atoms. The second-order valence-corrected chi connectivity index (χ2v) is 8.08. The number of hydrogen-bond donors (Lipinski definition) is 1. The van der Waals surface area contributed by atoms with Crippen LogP contribution in [0.5, 0.6) is 0 Å². The van der Waals surface area contributed by atoms with Crippen LogP contribution in [0.15, 0.2) is 40.8 Å². The van der Waals surface area contributed by atoms with Gasteiger partial charge in [-0.15, -0.1) is 0 Å². The average molecular weight is 373 g/mol. The van der Waals surface area contributed by atoms with Gasteiger partial charge in [-0.05, 0) is 49.4 Å². The Morgan fingerprint density at radius 3 is 2.33 bits per heavy atom. The molecule has 1 amide bonds.